The summed E-state index contributed by atoms with van der Waals surface area (Å²) in [5.41, 5.74) is 9.75. The molecule has 0 saturated heterocycles. The fraction of sp³-hybridized carbons (Fsp3) is 0. The van der Waals surface area contributed by atoms with E-state index in [-0.39, 0.29) is 11.6 Å². The summed E-state index contributed by atoms with van der Waals surface area (Å²) in [6.07, 6.45) is 0. The van der Waals surface area contributed by atoms with Gasteiger partial charge in [-0.1, -0.05) is 121 Å². The number of hydrogen-bond donors (Lipinski definition) is 0. The molecule has 0 bridgehead atoms. The lowest BCUT2D eigenvalue weighted by molar-refractivity contribution is 0.0980. The van der Waals surface area contributed by atoms with Crippen molar-refractivity contribution in [2.24, 2.45) is 0 Å². The van der Waals surface area contributed by atoms with Gasteiger partial charge in [0.05, 0.1) is 0 Å². The number of rotatable bonds is 2. The molecule has 0 heterocycles. The molecule has 0 radical (unpaired) electrons. The zero-order valence-corrected chi connectivity index (χ0v) is 20.4. The average molecular weight is 485 g/mol. The van der Waals surface area contributed by atoms with Crippen LogP contribution in [-0.4, -0.2) is 11.6 Å². The molecule has 6 aromatic rings. The SMILES string of the molecule is O=C1c2ccccc2C(=O)c2c1c(-c1ccccc1)c1c(c2-c2ccccc2)-c2cccc3cccc-1c23. The fourth-order valence-corrected chi connectivity index (χ4v) is 6.44. The lowest BCUT2D eigenvalue weighted by atomic mass is 9.73. The van der Waals surface area contributed by atoms with Crippen molar-refractivity contribution in [3.63, 3.8) is 0 Å². The Hall–Kier alpha value is -5.08. The predicted molar refractivity (Wildman–Crippen MR) is 153 cm³/mol. The summed E-state index contributed by atoms with van der Waals surface area (Å²) in [4.78, 5) is 28.8. The summed E-state index contributed by atoms with van der Waals surface area (Å²) >= 11 is 0. The van der Waals surface area contributed by atoms with E-state index in [4.69, 9.17) is 0 Å². The third-order valence-corrected chi connectivity index (χ3v) is 7.94. The van der Waals surface area contributed by atoms with Gasteiger partial charge >= 0.3 is 0 Å². The highest BCUT2D eigenvalue weighted by Crippen LogP contribution is 2.58. The largest absolute Gasteiger partial charge is 0.289 e. The molecule has 8 rings (SSSR count). The Kier molecular flexibility index (Phi) is 4.27. The summed E-state index contributed by atoms with van der Waals surface area (Å²) in [7, 11) is 0. The summed E-state index contributed by atoms with van der Waals surface area (Å²) < 4.78 is 0. The Bertz CT molecular complexity index is 1840. The fourth-order valence-electron chi connectivity index (χ4n) is 6.44. The van der Waals surface area contributed by atoms with E-state index in [0.29, 0.717) is 22.3 Å². The van der Waals surface area contributed by atoms with Crippen molar-refractivity contribution in [1.29, 1.82) is 0 Å². The number of carbonyl (C=O) groups excluding carboxylic acids is 2. The maximum absolute atomic E-state index is 14.4. The van der Waals surface area contributed by atoms with Crippen molar-refractivity contribution in [2.75, 3.05) is 0 Å². The quantitative estimate of drug-likeness (QED) is 0.246. The van der Waals surface area contributed by atoms with Gasteiger partial charge in [0.15, 0.2) is 11.6 Å². The maximum atomic E-state index is 14.4. The molecule has 0 aromatic heterocycles. The third-order valence-electron chi connectivity index (χ3n) is 7.94. The molecule has 2 aliphatic carbocycles. The first-order valence-electron chi connectivity index (χ1n) is 12.8. The van der Waals surface area contributed by atoms with E-state index in [0.717, 1.165) is 49.9 Å². The molecular weight excluding hydrogens is 464 g/mol. The summed E-state index contributed by atoms with van der Waals surface area (Å²) in [5.74, 6) is -0.200. The number of ketones is 2. The third kappa shape index (κ3) is 2.66. The Morgan fingerprint density at radius 2 is 0.711 bits per heavy atom. The van der Waals surface area contributed by atoms with Crippen LogP contribution in [0.2, 0.25) is 0 Å². The van der Waals surface area contributed by atoms with Gasteiger partial charge in [0.1, 0.15) is 0 Å². The lowest BCUT2D eigenvalue weighted by Gasteiger charge is -2.27. The molecule has 2 aliphatic rings. The van der Waals surface area contributed by atoms with Crippen LogP contribution in [0.3, 0.4) is 0 Å². The zero-order valence-electron chi connectivity index (χ0n) is 20.4. The Labute approximate surface area is 219 Å². The number of benzene rings is 6. The number of hydrogen-bond acceptors (Lipinski definition) is 2. The molecule has 38 heavy (non-hydrogen) atoms. The van der Waals surface area contributed by atoms with Crippen molar-refractivity contribution in [3.05, 3.63) is 144 Å². The minimum atomic E-state index is -0.0998. The molecule has 0 aliphatic heterocycles. The van der Waals surface area contributed by atoms with Crippen LogP contribution < -0.4 is 0 Å². The maximum Gasteiger partial charge on any atom is 0.195 e. The van der Waals surface area contributed by atoms with E-state index in [1.165, 1.54) is 5.39 Å². The smallest absolute Gasteiger partial charge is 0.195 e. The molecule has 176 valence electrons. The molecule has 6 aromatic carbocycles. The first-order chi connectivity index (χ1) is 18.7. The van der Waals surface area contributed by atoms with Crippen LogP contribution in [0.25, 0.3) is 55.3 Å². The highest BCUT2D eigenvalue weighted by molar-refractivity contribution is 6.36. The van der Waals surface area contributed by atoms with Crippen molar-refractivity contribution in [1.82, 2.24) is 0 Å². The molecule has 0 spiro atoms. The second-order valence-corrected chi connectivity index (χ2v) is 9.90. The van der Waals surface area contributed by atoms with Gasteiger partial charge in [0, 0.05) is 33.4 Å². The van der Waals surface area contributed by atoms with Crippen LogP contribution in [0.4, 0.5) is 0 Å². The molecule has 0 saturated carbocycles. The molecule has 0 fully saturated rings. The van der Waals surface area contributed by atoms with Gasteiger partial charge in [0.2, 0.25) is 0 Å². The highest BCUT2D eigenvalue weighted by atomic mass is 16.1. The van der Waals surface area contributed by atoms with E-state index < -0.39 is 0 Å². The normalized spacial score (nSPS) is 12.8. The van der Waals surface area contributed by atoms with Gasteiger partial charge in [-0.2, -0.15) is 0 Å². The lowest BCUT2D eigenvalue weighted by Crippen LogP contribution is -2.23. The van der Waals surface area contributed by atoms with E-state index in [9.17, 15) is 9.59 Å². The topological polar surface area (TPSA) is 34.1 Å². The van der Waals surface area contributed by atoms with Gasteiger partial charge in [-0.15, -0.1) is 0 Å². The summed E-state index contributed by atoms with van der Waals surface area (Å²) in [5, 5.41) is 2.31. The van der Waals surface area contributed by atoms with Gasteiger partial charge in [-0.05, 0) is 44.2 Å². The van der Waals surface area contributed by atoms with Gasteiger partial charge < -0.3 is 0 Å². The van der Waals surface area contributed by atoms with Crippen molar-refractivity contribution < 1.29 is 9.59 Å². The minimum Gasteiger partial charge on any atom is -0.289 e. The van der Waals surface area contributed by atoms with E-state index in [1.807, 2.05) is 72.8 Å². The molecule has 0 unspecified atom stereocenters. The zero-order chi connectivity index (χ0) is 25.4. The van der Waals surface area contributed by atoms with E-state index in [1.54, 1.807) is 12.1 Å². The molecule has 2 nitrogen and oxygen atoms in total. The summed E-state index contributed by atoms with van der Waals surface area (Å²) in [6.45, 7) is 0. The van der Waals surface area contributed by atoms with Crippen LogP contribution in [0.1, 0.15) is 31.8 Å². The highest BCUT2D eigenvalue weighted by Gasteiger charge is 2.40. The van der Waals surface area contributed by atoms with Gasteiger partial charge in [-0.3, -0.25) is 9.59 Å². The van der Waals surface area contributed by atoms with Crippen LogP contribution in [-0.2, 0) is 0 Å². The van der Waals surface area contributed by atoms with Crippen LogP contribution in [0.15, 0.2) is 121 Å². The molecular formula is C36H20O2. The molecule has 2 heteroatoms. The monoisotopic (exact) mass is 484 g/mol. The molecule has 0 N–H and O–H groups in total. The van der Waals surface area contributed by atoms with Crippen LogP contribution >= 0.6 is 0 Å². The van der Waals surface area contributed by atoms with Gasteiger partial charge in [-0.25, -0.2) is 0 Å². The predicted octanol–water partition coefficient (Wildman–Crippen LogP) is 8.60. The second kappa shape index (κ2) is 7.71. The van der Waals surface area contributed by atoms with Gasteiger partial charge in [0.25, 0.3) is 0 Å². The first kappa shape index (κ1) is 21.0. The molecule has 0 atom stereocenters. The second-order valence-electron chi connectivity index (χ2n) is 9.90. The molecule has 0 amide bonds. The van der Waals surface area contributed by atoms with Crippen molar-refractivity contribution in [2.45, 2.75) is 0 Å². The number of carbonyl (C=O) groups is 2. The van der Waals surface area contributed by atoms with E-state index in [2.05, 4.69) is 36.4 Å². The van der Waals surface area contributed by atoms with Crippen molar-refractivity contribution in [3.8, 4) is 44.5 Å². The van der Waals surface area contributed by atoms with Crippen LogP contribution in [0.5, 0.6) is 0 Å². The Balaban J connectivity index is 1.66. The Morgan fingerprint density at radius 1 is 0.316 bits per heavy atom. The standard InChI is InChI=1S/C36H20O2/c37-35-24-17-7-8-18-25(24)36(38)34-30(23-13-5-2-6-14-23)32-27-20-10-16-21-15-9-19-26(28(21)27)31(32)29(33(34)35)22-11-3-1-4-12-22/h1-20H. The van der Waals surface area contributed by atoms with Crippen LogP contribution in [0, 0.1) is 0 Å². The van der Waals surface area contributed by atoms with E-state index >= 15 is 0 Å². The first-order valence-corrected chi connectivity index (χ1v) is 12.8. The minimum absolute atomic E-state index is 0.0998. The summed E-state index contributed by atoms with van der Waals surface area (Å²) in [6, 6.07) is 40.0. The number of fused-ring (bicyclic) bond motifs is 5. The average Bonchev–Trinajstić information content (AvgIpc) is 3.31. The Morgan fingerprint density at radius 3 is 1.16 bits per heavy atom. The van der Waals surface area contributed by atoms with Crippen molar-refractivity contribution >= 4 is 22.3 Å².